The monoisotopic (exact) mass is 210 g/mol. The highest BCUT2D eigenvalue weighted by Crippen LogP contribution is 2.43. The van der Waals surface area contributed by atoms with Crippen LogP contribution in [0.4, 0.5) is 0 Å². The van der Waals surface area contributed by atoms with Gasteiger partial charge in [0, 0.05) is 16.2 Å². The van der Waals surface area contributed by atoms with Crippen LogP contribution in [-0.2, 0) is 0 Å². The number of phenolic OH excluding ortho intramolecular Hbond substituents is 2. The molecular formula is C10H10O3S. The summed E-state index contributed by atoms with van der Waals surface area (Å²) in [6.07, 6.45) is 0. The molecule has 14 heavy (non-hydrogen) atoms. The van der Waals surface area contributed by atoms with Gasteiger partial charge in [-0.05, 0) is 18.4 Å². The molecule has 0 aliphatic heterocycles. The Balaban J connectivity index is 2.73. The third-order valence-electron chi connectivity index (χ3n) is 1.95. The molecule has 0 unspecified atom stereocenters. The second-order valence-electron chi connectivity index (χ2n) is 2.84. The predicted molar refractivity (Wildman–Crippen MR) is 56.3 cm³/mol. The summed E-state index contributed by atoms with van der Waals surface area (Å²) in [4.78, 5) is 0. The lowest BCUT2D eigenvalue weighted by atomic mass is 10.2. The van der Waals surface area contributed by atoms with Gasteiger partial charge in [0.05, 0.1) is 6.61 Å². The first-order valence-electron chi connectivity index (χ1n) is 4.29. The largest absolute Gasteiger partial charge is 0.504 e. The van der Waals surface area contributed by atoms with Crippen LogP contribution in [0.5, 0.6) is 17.2 Å². The van der Waals surface area contributed by atoms with E-state index in [-0.39, 0.29) is 11.5 Å². The zero-order chi connectivity index (χ0) is 10.1. The third kappa shape index (κ3) is 1.28. The van der Waals surface area contributed by atoms with Crippen molar-refractivity contribution in [3.05, 3.63) is 17.5 Å². The molecule has 0 fully saturated rings. The molecular weight excluding hydrogens is 200 g/mol. The lowest BCUT2D eigenvalue weighted by molar-refractivity contribution is 0.313. The second kappa shape index (κ2) is 3.38. The van der Waals surface area contributed by atoms with Crippen molar-refractivity contribution < 1.29 is 14.9 Å². The lowest BCUT2D eigenvalue weighted by Crippen LogP contribution is -1.92. The van der Waals surface area contributed by atoms with E-state index in [4.69, 9.17) is 4.74 Å². The Bertz CT molecular complexity index is 462. The number of benzene rings is 1. The molecule has 0 atom stereocenters. The van der Waals surface area contributed by atoms with Gasteiger partial charge in [-0.15, -0.1) is 11.3 Å². The molecule has 2 N–H and O–H groups in total. The van der Waals surface area contributed by atoms with Crippen molar-refractivity contribution in [1.29, 1.82) is 0 Å². The number of hydrogen-bond acceptors (Lipinski definition) is 4. The fourth-order valence-electron chi connectivity index (χ4n) is 1.35. The van der Waals surface area contributed by atoms with Crippen molar-refractivity contribution in [2.24, 2.45) is 0 Å². The highest BCUT2D eigenvalue weighted by molar-refractivity contribution is 7.17. The van der Waals surface area contributed by atoms with Crippen LogP contribution in [0.25, 0.3) is 10.1 Å². The third-order valence-corrected chi connectivity index (χ3v) is 2.82. The van der Waals surface area contributed by atoms with E-state index in [2.05, 4.69) is 0 Å². The molecule has 0 aliphatic carbocycles. The maximum Gasteiger partial charge on any atom is 0.201 e. The Hall–Kier alpha value is -1.42. The van der Waals surface area contributed by atoms with Gasteiger partial charge in [0.25, 0.3) is 0 Å². The van der Waals surface area contributed by atoms with Crippen molar-refractivity contribution in [1.82, 2.24) is 0 Å². The first-order valence-corrected chi connectivity index (χ1v) is 5.17. The normalized spacial score (nSPS) is 10.6. The molecule has 74 valence electrons. The second-order valence-corrected chi connectivity index (χ2v) is 3.79. The van der Waals surface area contributed by atoms with Crippen LogP contribution in [0, 0.1) is 0 Å². The summed E-state index contributed by atoms with van der Waals surface area (Å²) in [5.41, 5.74) is 0. The first-order chi connectivity index (χ1) is 6.74. The molecule has 0 spiro atoms. The van der Waals surface area contributed by atoms with E-state index in [1.165, 1.54) is 17.4 Å². The van der Waals surface area contributed by atoms with Crippen molar-refractivity contribution in [3.63, 3.8) is 0 Å². The number of phenols is 2. The highest BCUT2D eigenvalue weighted by atomic mass is 32.1. The zero-order valence-electron chi connectivity index (χ0n) is 7.65. The molecule has 1 aromatic carbocycles. The fraction of sp³-hybridized carbons (Fsp3) is 0.200. The summed E-state index contributed by atoms with van der Waals surface area (Å²) in [6.45, 7) is 2.30. The van der Waals surface area contributed by atoms with Crippen LogP contribution >= 0.6 is 11.3 Å². The minimum Gasteiger partial charge on any atom is -0.504 e. The molecule has 4 heteroatoms. The topological polar surface area (TPSA) is 49.7 Å². The maximum absolute atomic E-state index is 9.57. The number of ether oxygens (including phenoxy) is 1. The molecule has 0 saturated heterocycles. The van der Waals surface area contributed by atoms with Gasteiger partial charge in [-0.1, -0.05) is 0 Å². The van der Waals surface area contributed by atoms with E-state index in [9.17, 15) is 10.2 Å². The van der Waals surface area contributed by atoms with Crippen molar-refractivity contribution in [2.75, 3.05) is 6.61 Å². The van der Waals surface area contributed by atoms with Crippen LogP contribution in [0.2, 0.25) is 0 Å². The Labute approximate surface area is 85.2 Å². The SMILES string of the molecule is CCOc1c(O)c(O)cc2sccc12. The van der Waals surface area contributed by atoms with Crippen molar-refractivity contribution in [2.45, 2.75) is 6.92 Å². The van der Waals surface area contributed by atoms with Gasteiger partial charge < -0.3 is 14.9 Å². The molecule has 3 nitrogen and oxygen atoms in total. The van der Waals surface area contributed by atoms with Crippen molar-refractivity contribution >= 4 is 21.4 Å². The molecule has 2 aromatic rings. The number of hydrogen-bond donors (Lipinski definition) is 2. The summed E-state index contributed by atoms with van der Waals surface area (Å²) < 4.78 is 6.19. The average molecular weight is 210 g/mol. The molecule has 0 amide bonds. The molecule has 0 radical (unpaired) electrons. The van der Waals surface area contributed by atoms with Gasteiger partial charge in [0.1, 0.15) is 0 Å². The van der Waals surface area contributed by atoms with Crippen LogP contribution in [0.1, 0.15) is 6.92 Å². The first kappa shape index (κ1) is 9.15. The van der Waals surface area contributed by atoms with Gasteiger partial charge >= 0.3 is 0 Å². The smallest absolute Gasteiger partial charge is 0.201 e. The minimum absolute atomic E-state index is 0.136. The Morgan fingerprint density at radius 2 is 2.21 bits per heavy atom. The molecule has 0 saturated carbocycles. The van der Waals surface area contributed by atoms with Gasteiger partial charge in [-0.2, -0.15) is 0 Å². The van der Waals surface area contributed by atoms with E-state index in [1.807, 2.05) is 18.4 Å². The number of thiophene rings is 1. The minimum atomic E-state index is -0.183. The summed E-state index contributed by atoms with van der Waals surface area (Å²) in [7, 11) is 0. The van der Waals surface area contributed by atoms with Crippen LogP contribution in [-0.4, -0.2) is 16.8 Å². The number of rotatable bonds is 2. The van der Waals surface area contributed by atoms with Gasteiger partial charge in [-0.25, -0.2) is 0 Å². The van der Waals surface area contributed by atoms with Gasteiger partial charge in [0.2, 0.25) is 5.75 Å². The highest BCUT2D eigenvalue weighted by Gasteiger charge is 2.13. The van der Waals surface area contributed by atoms with Gasteiger partial charge in [-0.3, -0.25) is 0 Å². The van der Waals surface area contributed by atoms with Crippen LogP contribution < -0.4 is 4.74 Å². The summed E-state index contributed by atoms with van der Waals surface area (Å²) in [5.74, 6) is 0.0462. The van der Waals surface area contributed by atoms with Gasteiger partial charge in [0.15, 0.2) is 11.5 Å². The molecule has 2 rings (SSSR count). The molecule has 1 heterocycles. The Morgan fingerprint density at radius 3 is 2.93 bits per heavy atom. The number of fused-ring (bicyclic) bond motifs is 1. The predicted octanol–water partition coefficient (Wildman–Crippen LogP) is 2.71. The fourth-order valence-corrected chi connectivity index (χ4v) is 2.17. The van der Waals surface area contributed by atoms with E-state index in [1.54, 1.807) is 0 Å². The van der Waals surface area contributed by atoms with E-state index in [0.717, 1.165) is 10.1 Å². The van der Waals surface area contributed by atoms with E-state index >= 15 is 0 Å². The quantitative estimate of drug-likeness (QED) is 0.749. The lowest BCUT2D eigenvalue weighted by Gasteiger charge is -2.08. The summed E-state index contributed by atoms with van der Waals surface area (Å²) >= 11 is 1.50. The molecule has 0 aliphatic rings. The Morgan fingerprint density at radius 1 is 1.43 bits per heavy atom. The number of aromatic hydroxyl groups is 2. The molecule has 0 bridgehead atoms. The van der Waals surface area contributed by atoms with Crippen molar-refractivity contribution in [3.8, 4) is 17.2 Å². The summed E-state index contributed by atoms with van der Waals surface area (Å²) in [6, 6.07) is 3.40. The maximum atomic E-state index is 9.57. The Kier molecular flexibility index (Phi) is 2.21. The van der Waals surface area contributed by atoms with E-state index in [0.29, 0.717) is 12.4 Å². The summed E-state index contributed by atoms with van der Waals surface area (Å²) in [5, 5.41) is 21.7. The average Bonchev–Trinajstić information content (AvgIpc) is 2.60. The van der Waals surface area contributed by atoms with Crippen LogP contribution in [0.15, 0.2) is 17.5 Å². The van der Waals surface area contributed by atoms with Crippen LogP contribution in [0.3, 0.4) is 0 Å². The molecule has 1 aromatic heterocycles. The zero-order valence-corrected chi connectivity index (χ0v) is 8.47. The standard InChI is InChI=1S/C10H10O3S/c1-2-13-10-6-3-4-14-8(6)5-7(11)9(10)12/h3-5,11-12H,2H2,1H3. The van der Waals surface area contributed by atoms with E-state index < -0.39 is 0 Å².